The molecule has 0 saturated heterocycles. The lowest BCUT2D eigenvalue weighted by atomic mass is 9.93. The van der Waals surface area contributed by atoms with Crippen LogP contribution >= 0.6 is 0 Å². The second kappa shape index (κ2) is 5.85. The van der Waals surface area contributed by atoms with Gasteiger partial charge in [-0.1, -0.05) is 19.9 Å². The fraction of sp³-hybridized carbons (Fsp3) is 0.438. The largest absolute Gasteiger partial charge is 0.330 e. The van der Waals surface area contributed by atoms with Crippen LogP contribution < -0.4 is 5.73 Å². The first-order valence-electron chi connectivity index (χ1n) is 6.84. The molecule has 0 aliphatic carbocycles. The zero-order valence-corrected chi connectivity index (χ0v) is 12.4. The van der Waals surface area contributed by atoms with Crippen molar-refractivity contribution in [1.29, 1.82) is 0 Å². The molecular formula is C16H22FN3. The van der Waals surface area contributed by atoms with Gasteiger partial charge in [0.25, 0.3) is 0 Å². The van der Waals surface area contributed by atoms with E-state index in [0.717, 1.165) is 24.2 Å². The Bertz CT molecular complexity index is 595. The summed E-state index contributed by atoms with van der Waals surface area (Å²) in [4.78, 5) is 6.52. The molecule has 0 amide bonds. The number of halogens is 1. The van der Waals surface area contributed by atoms with Crippen molar-refractivity contribution in [3.05, 3.63) is 41.8 Å². The molecule has 2 N–H and O–H groups in total. The van der Waals surface area contributed by atoms with Gasteiger partial charge in [0.2, 0.25) is 0 Å². The molecule has 0 bridgehead atoms. The van der Waals surface area contributed by atoms with Crippen LogP contribution in [-0.4, -0.2) is 30.0 Å². The van der Waals surface area contributed by atoms with Crippen molar-refractivity contribution in [1.82, 2.24) is 9.88 Å². The van der Waals surface area contributed by atoms with Gasteiger partial charge < -0.3 is 10.6 Å². The Morgan fingerprint density at radius 1 is 1.30 bits per heavy atom. The molecule has 0 spiro atoms. The van der Waals surface area contributed by atoms with Crippen molar-refractivity contribution in [3.63, 3.8) is 0 Å². The predicted molar refractivity (Wildman–Crippen MR) is 80.9 cm³/mol. The molecule has 108 valence electrons. The van der Waals surface area contributed by atoms with E-state index >= 15 is 0 Å². The Labute approximate surface area is 119 Å². The van der Waals surface area contributed by atoms with Gasteiger partial charge in [-0.15, -0.1) is 0 Å². The lowest BCUT2D eigenvalue weighted by molar-refractivity contribution is 0.210. The van der Waals surface area contributed by atoms with Gasteiger partial charge in [0, 0.05) is 24.7 Å². The standard InChI is InChI=1S/C16H22FN3/c1-16(2,10-18)11-20(3)9-12-6-7-14(17)13-5-4-8-19-15(12)13/h4-8H,9-11,18H2,1-3H3. The van der Waals surface area contributed by atoms with Crippen molar-refractivity contribution in [2.45, 2.75) is 20.4 Å². The maximum Gasteiger partial charge on any atom is 0.132 e. The van der Waals surface area contributed by atoms with Crippen molar-refractivity contribution in [2.24, 2.45) is 11.1 Å². The van der Waals surface area contributed by atoms with Gasteiger partial charge in [-0.2, -0.15) is 0 Å². The SMILES string of the molecule is CN(Cc1ccc(F)c2cccnc12)CC(C)(C)CN. The van der Waals surface area contributed by atoms with Gasteiger partial charge >= 0.3 is 0 Å². The smallest absolute Gasteiger partial charge is 0.132 e. The van der Waals surface area contributed by atoms with Crippen LogP contribution in [0.3, 0.4) is 0 Å². The monoisotopic (exact) mass is 275 g/mol. The molecule has 0 aliphatic rings. The summed E-state index contributed by atoms with van der Waals surface area (Å²) >= 11 is 0. The van der Waals surface area contributed by atoms with Crippen molar-refractivity contribution >= 4 is 10.9 Å². The number of nitrogens with zero attached hydrogens (tertiary/aromatic N) is 2. The van der Waals surface area contributed by atoms with Crippen LogP contribution in [0.5, 0.6) is 0 Å². The zero-order valence-electron chi connectivity index (χ0n) is 12.4. The van der Waals surface area contributed by atoms with E-state index in [2.05, 4.69) is 30.8 Å². The summed E-state index contributed by atoms with van der Waals surface area (Å²) in [6.45, 7) is 6.54. The number of benzene rings is 1. The molecule has 1 aromatic heterocycles. The Kier molecular flexibility index (Phi) is 4.35. The highest BCUT2D eigenvalue weighted by atomic mass is 19.1. The van der Waals surface area contributed by atoms with Crippen molar-refractivity contribution < 1.29 is 4.39 Å². The highest BCUT2D eigenvalue weighted by Gasteiger charge is 2.18. The summed E-state index contributed by atoms with van der Waals surface area (Å²) in [5, 5.41) is 0.580. The van der Waals surface area contributed by atoms with E-state index in [4.69, 9.17) is 5.73 Å². The Morgan fingerprint density at radius 2 is 2.05 bits per heavy atom. The maximum absolute atomic E-state index is 13.8. The summed E-state index contributed by atoms with van der Waals surface area (Å²) in [6.07, 6.45) is 1.70. The molecule has 0 fully saturated rings. The molecule has 2 rings (SSSR count). The average molecular weight is 275 g/mol. The third-order valence-corrected chi connectivity index (χ3v) is 3.49. The molecule has 0 saturated carbocycles. The second-order valence-corrected chi connectivity index (χ2v) is 6.15. The van der Waals surface area contributed by atoms with Crippen LogP contribution in [0.25, 0.3) is 10.9 Å². The quantitative estimate of drug-likeness (QED) is 0.912. The van der Waals surface area contributed by atoms with Gasteiger partial charge in [-0.25, -0.2) is 4.39 Å². The number of hydrogen-bond donors (Lipinski definition) is 1. The molecular weight excluding hydrogens is 253 g/mol. The first-order valence-corrected chi connectivity index (χ1v) is 6.84. The molecule has 20 heavy (non-hydrogen) atoms. The van der Waals surface area contributed by atoms with Crippen LogP contribution in [0.15, 0.2) is 30.5 Å². The van der Waals surface area contributed by atoms with E-state index in [0.29, 0.717) is 11.9 Å². The molecule has 0 unspecified atom stereocenters. The zero-order chi connectivity index (χ0) is 14.8. The fourth-order valence-electron chi connectivity index (χ4n) is 2.47. The number of hydrogen-bond acceptors (Lipinski definition) is 3. The lowest BCUT2D eigenvalue weighted by Crippen LogP contribution is -2.36. The maximum atomic E-state index is 13.8. The molecule has 2 aromatic rings. The van der Waals surface area contributed by atoms with Crippen molar-refractivity contribution in [2.75, 3.05) is 20.1 Å². The molecule has 0 atom stereocenters. The Hall–Kier alpha value is -1.52. The summed E-state index contributed by atoms with van der Waals surface area (Å²) in [6, 6.07) is 6.86. The van der Waals surface area contributed by atoms with E-state index in [1.54, 1.807) is 18.3 Å². The summed E-state index contributed by atoms with van der Waals surface area (Å²) in [5.74, 6) is -0.221. The number of nitrogens with two attached hydrogens (primary N) is 1. The number of aromatic nitrogens is 1. The molecule has 4 heteroatoms. The topological polar surface area (TPSA) is 42.2 Å². The summed E-state index contributed by atoms with van der Waals surface area (Å²) in [7, 11) is 2.05. The first-order chi connectivity index (χ1) is 9.43. The first kappa shape index (κ1) is 14.9. The van der Waals surface area contributed by atoms with Crippen LogP contribution in [0.2, 0.25) is 0 Å². The van der Waals surface area contributed by atoms with Gasteiger partial charge in [0.05, 0.1) is 5.52 Å². The third kappa shape index (κ3) is 3.32. The van der Waals surface area contributed by atoms with Crippen LogP contribution in [0.1, 0.15) is 19.4 Å². The molecule has 0 radical (unpaired) electrons. The van der Waals surface area contributed by atoms with Crippen LogP contribution in [0, 0.1) is 11.2 Å². The molecule has 1 heterocycles. The fourth-order valence-corrected chi connectivity index (χ4v) is 2.47. The normalized spacial score (nSPS) is 12.3. The van der Waals surface area contributed by atoms with Gasteiger partial charge in [0.15, 0.2) is 0 Å². The highest BCUT2D eigenvalue weighted by Crippen LogP contribution is 2.22. The predicted octanol–water partition coefficient (Wildman–Crippen LogP) is 2.79. The van der Waals surface area contributed by atoms with Crippen LogP contribution in [0.4, 0.5) is 4.39 Å². The van der Waals surface area contributed by atoms with E-state index in [1.807, 2.05) is 6.07 Å². The minimum Gasteiger partial charge on any atom is -0.330 e. The van der Waals surface area contributed by atoms with E-state index in [-0.39, 0.29) is 11.2 Å². The van der Waals surface area contributed by atoms with E-state index in [9.17, 15) is 4.39 Å². The molecule has 3 nitrogen and oxygen atoms in total. The van der Waals surface area contributed by atoms with Gasteiger partial charge in [-0.05, 0) is 42.8 Å². The summed E-state index contributed by atoms with van der Waals surface area (Å²) in [5.41, 5.74) is 7.62. The van der Waals surface area contributed by atoms with E-state index in [1.165, 1.54) is 6.07 Å². The number of rotatable bonds is 5. The third-order valence-electron chi connectivity index (χ3n) is 3.49. The van der Waals surface area contributed by atoms with Gasteiger partial charge in [-0.3, -0.25) is 4.98 Å². The van der Waals surface area contributed by atoms with Crippen molar-refractivity contribution in [3.8, 4) is 0 Å². The Balaban J connectivity index is 2.24. The second-order valence-electron chi connectivity index (χ2n) is 6.15. The molecule has 1 aromatic carbocycles. The lowest BCUT2D eigenvalue weighted by Gasteiger charge is -2.29. The van der Waals surface area contributed by atoms with Crippen LogP contribution in [-0.2, 0) is 6.54 Å². The van der Waals surface area contributed by atoms with E-state index < -0.39 is 0 Å². The van der Waals surface area contributed by atoms with Gasteiger partial charge in [0.1, 0.15) is 5.82 Å². The minimum atomic E-state index is -0.221. The highest BCUT2D eigenvalue weighted by molar-refractivity contribution is 5.82. The molecule has 0 aliphatic heterocycles. The summed E-state index contributed by atoms with van der Waals surface area (Å²) < 4.78 is 13.8. The minimum absolute atomic E-state index is 0.0675. The Morgan fingerprint density at radius 3 is 2.75 bits per heavy atom. The number of fused-ring (bicyclic) bond motifs is 1. The number of pyridine rings is 1. The average Bonchev–Trinajstić information content (AvgIpc) is 2.42.